The van der Waals surface area contributed by atoms with E-state index in [1.807, 2.05) is 0 Å². The minimum Gasteiger partial charge on any atom is -0.461 e. The van der Waals surface area contributed by atoms with Gasteiger partial charge in [-0.1, -0.05) is 0 Å². The Labute approximate surface area is 62.4 Å². The first-order valence-corrected chi connectivity index (χ1v) is 2.97. The molecule has 4 heteroatoms. The van der Waals surface area contributed by atoms with Crippen molar-refractivity contribution in [1.29, 1.82) is 0 Å². The van der Waals surface area contributed by atoms with Crippen LogP contribution in [0.5, 0.6) is 0 Å². The summed E-state index contributed by atoms with van der Waals surface area (Å²) in [4.78, 5) is 20.8. The second-order valence-electron chi connectivity index (χ2n) is 1.92. The van der Waals surface area contributed by atoms with Crippen LogP contribution in [0.15, 0.2) is 22.8 Å². The van der Waals surface area contributed by atoms with Gasteiger partial charge in [-0.25, -0.2) is 0 Å². The number of aliphatic hydroxyl groups excluding tert-OH is 1. The van der Waals surface area contributed by atoms with Gasteiger partial charge in [0, 0.05) is 0 Å². The van der Waals surface area contributed by atoms with Crippen LogP contribution in [0.4, 0.5) is 0 Å². The van der Waals surface area contributed by atoms with E-state index >= 15 is 0 Å². The number of rotatable bonds is 3. The van der Waals surface area contributed by atoms with Crippen molar-refractivity contribution in [2.45, 2.75) is 6.10 Å². The highest BCUT2D eigenvalue weighted by Gasteiger charge is 2.17. The summed E-state index contributed by atoms with van der Waals surface area (Å²) < 4.78 is 4.65. The molecule has 1 heterocycles. The maximum absolute atomic E-state index is 10.9. The number of aldehydes is 1. The van der Waals surface area contributed by atoms with E-state index in [-0.39, 0.29) is 12.0 Å². The lowest BCUT2D eigenvalue weighted by Gasteiger charge is -1.95. The van der Waals surface area contributed by atoms with Crippen LogP contribution < -0.4 is 0 Å². The molecule has 0 spiro atoms. The fourth-order valence-electron chi connectivity index (χ4n) is 0.626. The summed E-state index contributed by atoms with van der Waals surface area (Å²) in [7, 11) is 0. The van der Waals surface area contributed by atoms with Gasteiger partial charge in [0.25, 0.3) is 0 Å². The van der Waals surface area contributed by atoms with E-state index < -0.39 is 11.9 Å². The fourth-order valence-corrected chi connectivity index (χ4v) is 0.626. The number of carbonyl (C=O) groups is 2. The van der Waals surface area contributed by atoms with Crippen LogP contribution in [-0.2, 0) is 4.79 Å². The topological polar surface area (TPSA) is 67.5 Å². The molecule has 0 aromatic carbocycles. The Morgan fingerprint density at radius 1 is 1.73 bits per heavy atom. The van der Waals surface area contributed by atoms with E-state index in [4.69, 9.17) is 5.11 Å². The first-order valence-electron chi connectivity index (χ1n) is 2.97. The molecule has 1 N–H and O–H groups in total. The van der Waals surface area contributed by atoms with Gasteiger partial charge in [-0.05, 0) is 12.1 Å². The summed E-state index contributed by atoms with van der Waals surface area (Å²) in [5.74, 6) is -0.727. The van der Waals surface area contributed by atoms with E-state index in [1.165, 1.54) is 18.4 Å². The zero-order valence-corrected chi connectivity index (χ0v) is 5.56. The number of furan rings is 1. The Hall–Kier alpha value is -1.42. The van der Waals surface area contributed by atoms with Crippen LogP contribution >= 0.6 is 0 Å². The zero-order valence-electron chi connectivity index (χ0n) is 5.56. The van der Waals surface area contributed by atoms with Gasteiger partial charge in [-0.2, -0.15) is 0 Å². The van der Waals surface area contributed by atoms with E-state index in [9.17, 15) is 9.59 Å². The molecule has 1 rings (SSSR count). The Kier molecular flexibility index (Phi) is 2.18. The van der Waals surface area contributed by atoms with E-state index in [1.54, 1.807) is 0 Å². The monoisotopic (exact) mass is 154 g/mol. The van der Waals surface area contributed by atoms with Gasteiger partial charge >= 0.3 is 0 Å². The van der Waals surface area contributed by atoms with Crippen LogP contribution in [0.1, 0.15) is 10.6 Å². The highest BCUT2D eigenvalue weighted by Crippen LogP contribution is 2.02. The maximum atomic E-state index is 10.9. The summed E-state index contributed by atoms with van der Waals surface area (Å²) in [6.45, 7) is 0. The molecule has 1 aromatic rings. The molecule has 11 heavy (non-hydrogen) atoms. The van der Waals surface area contributed by atoms with Gasteiger partial charge in [0.1, 0.15) is 0 Å². The normalized spacial score (nSPS) is 12.5. The van der Waals surface area contributed by atoms with Crippen molar-refractivity contribution in [2.24, 2.45) is 0 Å². The fraction of sp³-hybridized carbons (Fsp3) is 0.143. The Morgan fingerprint density at radius 2 is 2.45 bits per heavy atom. The average molecular weight is 154 g/mol. The molecular weight excluding hydrogens is 148 g/mol. The average Bonchev–Trinajstić information content (AvgIpc) is 2.53. The quantitative estimate of drug-likeness (QED) is 0.378. The summed E-state index contributed by atoms with van der Waals surface area (Å²) in [5, 5.41) is 8.72. The van der Waals surface area contributed by atoms with E-state index in [0.29, 0.717) is 0 Å². The summed E-state index contributed by atoms with van der Waals surface area (Å²) in [6, 6.07) is 2.89. The SMILES string of the molecule is O=CC(O)C(=O)c1ccco1. The molecule has 0 fully saturated rings. The lowest BCUT2D eigenvalue weighted by molar-refractivity contribution is -0.113. The molecule has 0 aliphatic heterocycles. The Bertz CT molecular complexity index is 249. The van der Waals surface area contributed by atoms with Crippen LogP contribution in [0.25, 0.3) is 0 Å². The smallest absolute Gasteiger partial charge is 0.233 e. The molecule has 4 nitrogen and oxygen atoms in total. The molecule has 0 amide bonds. The summed E-state index contributed by atoms with van der Waals surface area (Å²) in [6.07, 6.45) is -0.156. The van der Waals surface area contributed by atoms with Crippen LogP contribution in [0.3, 0.4) is 0 Å². The summed E-state index contributed by atoms with van der Waals surface area (Å²) in [5.41, 5.74) is 0. The van der Waals surface area contributed by atoms with Gasteiger partial charge in [-0.3, -0.25) is 9.59 Å². The van der Waals surface area contributed by atoms with Crippen molar-refractivity contribution < 1.29 is 19.1 Å². The molecule has 1 atom stereocenters. The predicted molar refractivity (Wildman–Crippen MR) is 35.1 cm³/mol. The van der Waals surface area contributed by atoms with Gasteiger partial charge in [0.15, 0.2) is 18.2 Å². The number of hydrogen-bond acceptors (Lipinski definition) is 4. The largest absolute Gasteiger partial charge is 0.461 e. The molecule has 1 aromatic heterocycles. The molecular formula is C7H6O4. The molecule has 58 valence electrons. The Balaban J connectivity index is 2.78. The zero-order chi connectivity index (χ0) is 8.27. The first kappa shape index (κ1) is 7.68. The first-order chi connectivity index (χ1) is 5.25. The molecule has 0 saturated heterocycles. The minimum absolute atomic E-state index is 0.00963. The predicted octanol–water partition coefficient (Wildman–Crippen LogP) is 0.0221. The van der Waals surface area contributed by atoms with E-state index in [2.05, 4.69) is 4.42 Å². The summed E-state index contributed by atoms with van der Waals surface area (Å²) >= 11 is 0. The molecule has 0 aliphatic carbocycles. The number of ketones is 1. The lowest BCUT2D eigenvalue weighted by atomic mass is 10.2. The third-order valence-corrected chi connectivity index (χ3v) is 1.16. The van der Waals surface area contributed by atoms with Gasteiger partial charge in [-0.15, -0.1) is 0 Å². The number of hydrogen-bond donors (Lipinski definition) is 1. The highest BCUT2D eigenvalue weighted by molar-refractivity contribution is 6.05. The van der Waals surface area contributed by atoms with Crippen molar-refractivity contribution in [3.05, 3.63) is 24.2 Å². The standard InChI is InChI=1S/C7H6O4/c8-4-5(9)7(10)6-2-1-3-11-6/h1-5,9H. The highest BCUT2D eigenvalue weighted by atomic mass is 16.3. The molecule has 0 aliphatic rings. The number of carbonyl (C=O) groups excluding carboxylic acids is 2. The molecule has 0 radical (unpaired) electrons. The van der Waals surface area contributed by atoms with E-state index in [0.717, 1.165) is 0 Å². The number of Topliss-reactive ketones (excluding diaryl/α,β-unsaturated/α-hetero) is 1. The van der Waals surface area contributed by atoms with Crippen LogP contribution in [0.2, 0.25) is 0 Å². The van der Waals surface area contributed by atoms with Crippen molar-refractivity contribution in [1.82, 2.24) is 0 Å². The third-order valence-electron chi connectivity index (χ3n) is 1.16. The number of aliphatic hydroxyl groups is 1. The van der Waals surface area contributed by atoms with Gasteiger partial charge < -0.3 is 9.52 Å². The van der Waals surface area contributed by atoms with Gasteiger partial charge in [0.2, 0.25) is 5.78 Å². The minimum atomic E-state index is -1.61. The second kappa shape index (κ2) is 3.12. The molecule has 0 bridgehead atoms. The Morgan fingerprint density at radius 3 is 2.91 bits per heavy atom. The lowest BCUT2D eigenvalue weighted by Crippen LogP contribution is -2.20. The second-order valence-corrected chi connectivity index (χ2v) is 1.92. The van der Waals surface area contributed by atoms with Crippen molar-refractivity contribution in [3.63, 3.8) is 0 Å². The van der Waals surface area contributed by atoms with Crippen molar-refractivity contribution in [2.75, 3.05) is 0 Å². The maximum Gasteiger partial charge on any atom is 0.233 e. The van der Waals surface area contributed by atoms with Crippen LogP contribution in [-0.4, -0.2) is 23.3 Å². The molecule has 0 saturated carbocycles. The van der Waals surface area contributed by atoms with Crippen molar-refractivity contribution >= 4 is 12.1 Å². The molecule has 1 unspecified atom stereocenters. The van der Waals surface area contributed by atoms with Crippen LogP contribution in [0, 0.1) is 0 Å². The third kappa shape index (κ3) is 1.53. The van der Waals surface area contributed by atoms with Gasteiger partial charge in [0.05, 0.1) is 6.26 Å². The van der Waals surface area contributed by atoms with Crippen molar-refractivity contribution in [3.8, 4) is 0 Å².